The second-order valence-corrected chi connectivity index (χ2v) is 5.85. The Hall–Kier alpha value is -0.160. The highest BCUT2D eigenvalue weighted by molar-refractivity contribution is 4.92. The lowest BCUT2D eigenvalue weighted by atomic mass is 9.84. The van der Waals surface area contributed by atoms with Gasteiger partial charge < -0.3 is 14.6 Å². The molecule has 3 aliphatic rings. The fourth-order valence-electron chi connectivity index (χ4n) is 3.48. The molecule has 4 heteroatoms. The summed E-state index contributed by atoms with van der Waals surface area (Å²) in [6.07, 6.45) is 6.48. The third-order valence-electron chi connectivity index (χ3n) is 4.39. The molecule has 1 N–H and O–H groups in total. The van der Waals surface area contributed by atoms with E-state index < -0.39 is 5.60 Å². The Balaban J connectivity index is 1.56. The van der Waals surface area contributed by atoms with Crippen LogP contribution in [-0.4, -0.2) is 54.2 Å². The summed E-state index contributed by atoms with van der Waals surface area (Å²) in [6, 6.07) is 0. The SMILES string of the molecule is OC1(CN2CCC3(C2)OCCO3)CCCCC1. The number of hydrogen-bond acceptors (Lipinski definition) is 4. The van der Waals surface area contributed by atoms with Crippen molar-refractivity contribution in [2.75, 3.05) is 32.8 Å². The predicted molar refractivity (Wildman–Crippen MR) is 63.7 cm³/mol. The molecule has 1 spiro atoms. The molecule has 2 saturated heterocycles. The fraction of sp³-hybridized carbons (Fsp3) is 1.00. The first kappa shape index (κ1) is 11.9. The summed E-state index contributed by atoms with van der Waals surface area (Å²) < 4.78 is 11.4. The fourth-order valence-corrected chi connectivity index (χ4v) is 3.48. The van der Waals surface area contributed by atoms with E-state index in [9.17, 15) is 5.11 Å². The molecule has 2 aliphatic heterocycles. The summed E-state index contributed by atoms with van der Waals surface area (Å²) in [7, 11) is 0. The van der Waals surface area contributed by atoms with Gasteiger partial charge in [-0.1, -0.05) is 19.3 Å². The molecule has 0 bridgehead atoms. The molecular weight excluding hydrogens is 218 g/mol. The standard InChI is InChI=1S/C13H23NO3/c15-12(4-2-1-3-5-12)10-14-7-6-13(11-14)16-8-9-17-13/h15H,1-11H2. The minimum absolute atomic E-state index is 0.342. The summed E-state index contributed by atoms with van der Waals surface area (Å²) in [5, 5.41) is 10.5. The maximum atomic E-state index is 10.5. The molecule has 1 aliphatic carbocycles. The third-order valence-corrected chi connectivity index (χ3v) is 4.39. The van der Waals surface area contributed by atoms with Crippen LogP contribution in [0.2, 0.25) is 0 Å². The lowest BCUT2D eigenvalue weighted by molar-refractivity contribution is -0.147. The Labute approximate surface area is 103 Å². The molecule has 0 aromatic rings. The predicted octanol–water partition coefficient (Wildman–Crippen LogP) is 1.13. The minimum atomic E-state index is -0.456. The molecule has 1 saturated carbocycles. The first-order valence-corrected chi connectivity index (χ1v) is 6.93. The molecular formula is C13H23NO3. The van der Waals surface area contributed by atoms with Crippen LogP contribution in [0.25, 0.3) is 0 Å². The highest BCUT2D eigenvalue weighted by Crippen LogP contribution is 2.34. The monoisotopic (exact) mass is 241 g/mol. The first-order chi connectivity index (χ1) is 8.20. The molecule has 4 nitrogen and oxygen atoms in total. The second-order valence-electron chi connectivity index (χ2n) is 5.85. The summed E-state index contributed by atoms with van der Waals surface area (Å²) in [5.74, 6) is -0.342. The molecule has 0 amide bonds. The topological polar surface area (TPSA) is 41.9 Å². The van der Waals surface area contributed by atoms with E-state index >= 15 is 0 Å². The Morgan fingerprint density at radius 1 is 1.00 bits per heavy atom. The Kier molecular flexibility index (Phi) is 3.15. The molecule has 3 rings (SSSR count). The van der Waals surface area contributed by atoms with Crippen LogP contribution in [0.1, 0.15) is 38.5 Å². The van der Waals surface area contributed by atoms with E-state index in [4.69, 9.17) is 9.47 Å². The van der Waals surface area contributed by atoms with Crippen LogP contribution >= 0.6 is 0 Å². The van der Waals surface area contributed by atoms with Gasteiger partial charge in [0.25, 0.3) is 0 Å². The van der Waals surface area contributed by atoms with E-state index in [2.05, 4.69) is 4.90 Å². The van der Waals surface area contributed by atoms with Crippen LogP contribution in [0, 0.1) is 0 Å². The van der Waals surface area contributed by atoms with Crippen molar-refractivity contribution in [3.05, 3.63) is 0 Å². The minimum Gasteiger partial charge on any atom is -0.389 e. The maximum absolute atomic E-state index is 10.5. The first-order valence-electron chi connectivity index (χ1n) is 6.93. The van der Waals surface area contributed by atoms with Crippen LogP contribution in [0.15, 0.2) is 0 Å². The van der Waals surface area contributed by atoms with Crippen molar-refractivity contribution in [2.45, 2.75) is 49.9 Å². The van der Waals surface area contributed by atoms with Crippen LogP contribution in [0.3, 0.4) is 0 Å². The van der Waals surface area contributed by atoms with Gasteiger partial charge in [-0.05, 0) is 12.8 Å². The highest BCUT2D eigenvalue weighted by Gasteiger charge is 2.45. The van der Waals surface area contributed by atoms with Crippen LogP contribution in [0.5, 0.6) is 0 Å². The van der Waals surface area contributed by atoms with E-state index in [1.165, 1.54) is 19.3 Å². The number of β-amino-alcohol motifs (C(OH)–C–C–N with tert-alkyl or cyclic N) is 1. The molecule has 0 aromatic heterocycles. The third kappa shape index (κ3) is 2.50. The van der Waals surface area contributed by atoms with Gasteiger partial charge in [0.05, 0.1) is 25.4 Å². The molecule has 0 aromatic carbocycles. The molecule has 0 unspecified atom stereocenters. The highest BCUT2D eigenvalue weighted by atomic mass is 16.7. The van der Waals surface area contributed by atoms with Crippen molar-refractivity contribution >= 4 is 0 Å². The normalized spacial score (nSPS) is 32.3. The Morgan fingerprint density at radius 2 is 1.71 bits per heavy atom. The largest absolute Gasteiger partial charge is 0.389 e. The number of aliphatic hydroxyl groups is 1. The van der Waals surface area contributed by atoms with Gasteiger partial charge in [0.1, 0.15) is 0 Å². The van der Waals surface area contributed by atoms with Gasteiger partial charge in [0.15, 0.2) is 5.79 Å². The summed E-state index contributed by atoms with van der Waals surface area (Å²) >= 11 is 0. The number of ether oxygens (including phenoxy) is 2. The lowest BCUT2D eigenvalue weighted by Crippen LogP contribution is -2.45. The van der Waals surface area contributed by atoms with Crippen LogP contribution in [0.4, 0.5) is 0 Å². The second kappa shape index (κ2) is 4.50. The number of hydrogen-bond donors (Lipinski definition) is 1. The Bertz CT molecular complexity index is 270. The molecule has 0 radical (unpaired) electrons. The van der Waals surface area contributed by atoms with Gasteiger partial charge in [-0.15, -0.1) is 0 Å². The molecule has 0 atom stereocenters. The molecule has 2 heterocycles. The van der Waals surface area contributed by atoms with Crippen LogP contribution < -0.4 is 0 Å². The average Bonchev–Trinajstić information content (AvgIpc) is 2.91. The smallest absolute Gasteiger partial charge is 0.182 e. The summed E-state index contributed by atoms with van der Waals surface area (Å²) in [6.45, 7) is 4.05. The van der Waals surface area contributed by atoms with Crippen molar-refractivity contribution in [3.63, 3.8) is 0 Å². The zero-order chi connectivity index (χ0) is 11.8. The number of likely N-dealkylation sites (tertiary alicyclic amines) is 1. The van der Waals surface area contributed by atoms with Gasteiger partial charge in [0, 0.05) is 19.5 Å². The average molecular weight is 241 g/mol. The van der Waals surface area contributed by atoms with E-state index in [1.807, 2.05) is 0 Å². The van der Waals surface area contributed by atoms with Gasteiger partial charge in [-0.25, -0.2) is 0 Å². The summed E-state index contributed by atoms with van der Waals surface area (Å²) in [4.78, 5) is 2.32. The van der Waals surface area contributed by atoms with Crippen molar-refractivity contribution in [3.8, 4) is 0 Å². The van der Waals surface area contributed by atoms with Gasteiger partial charge in [-0.2, -0.15) is 0 Å². The zero-order valence-corrected chi connectivity index (χ0v) is 10.5. The van der Waals surface area contributed by atoms with Crippen LogP contribution in [-0.2, 0) is 9.47 Å². The quantitative estimate of drug-likeness (QED) is 0.787. The van der Waals surface area contributed by atoms with Gasteiger partial charge >= 0.3 is 0 Å². The maximum Gasteiger partial charge on any atom is 0.182 e. The van der Waals surface area contributed by atoms with Crippen molar-refractivity contribution in [1.82, 2.24) is 4.90 Å². The Morgan fingerprint density at radius 3 is 2.41 bits per heavy atom. The molecule has 3 fully saturated rings. The van der Waals surface area contributed by atoms with Gasteiger partial charge in [0.2, 0.25) is 0 Å². The number of rotatable bonds is 2. The summed E-state index contributed by atoms with van der Waals surface area (Å²) in [5.41, 5.74) is -0.456. The number of nitrogens with zero attached hydrogens (tertiary/aromatic N) is 1. The zero-order valence-electron chi connectivity index (χ0n) is 10.5. The van der Waals surface area contributed by atoms with Crippen molar-refractivity contribution < 1.29 is 14.6 Å². The molecule has 17 heavy (non-hydrogen) atoms. The molecule has 98 valence electrons. The van der Waals surface area contributed by atoms with E-state index in [0.29, 0.717) is 0 Å². The van der Waals surface area contributed by atoms with E-state index in [1.54, 1.807) is 0 Å². The lowest BCUT2D eigenvalue weighted by Gasteiger charge is -2.35. The van der Waals surface area contributed by atoms with Crippen molar-refractivity contribution in [1.29, 1.82) is 0 Å². The van der Waals surface area contributed by atoms with Gasteiger partial charge in [-0.3, -0.25) is 4.90 Å². The van der Waals surface area contributed by atoms with E-state index in [-0.39, 0.29) is 5.79 Å². The van der Waals surface area contributed by atoms with Crippen molar-refractivity contribution in [2.24, 2.45) is 0 Å². The van der Waals surface area contributed by atoms with E-state index in [0.717, 1.165) is 52.1 Å².